The minimum absolute atomic E-state index is 0.945. The summed E-state index contributed by atoms with van der Waals surface area (Å²) < 4.78 is 0. The minimum Gasteiger partial charge on any atom is -0.411 e. The quantitative estimate of drug-likeness (QED) is 0.517. The Kier molecular flexibility index (Phi) is 4.08. The Morgan fingerprint density at radius 3 is 2.58 bits per heavy atom. The Morgan fingerprint density at radius 1 is 1.42 bits per heavy atom. The molecule has 0 radical (unpaired) electrons. The van der Waals surface area contributed by atoms with Gasteiger partial charge in [0.2, 0.25) is 0 Å². The summed E-state index contributed by atoms with van der Waals surface area (Å²) in [5, 5.41) is 11.8. The average molecular weight is 170 g/mol. The number of nitrogens with zero attached hydrogens (tertiary/aromatic N) is 2. The molecular weight excluding hydrogens is 152 g/mol. The van der Waals surface area contributed by atoms with E-state index >= 15 is 0 Å². The van der Waals surface area contributed by atoms with Crippen molar-refractivity contribution in [3.05, 3.63) is 0 Å². The molecule has 0 unspecified atom stereocenters. The highest BCUT2D eigenvalue weighted by Gasteiger charge is 2.13. The predicted molar refractivity (Wildman–Crippen MR) is 49.8 cm³/mol. The van der Waals surface area contributed by atoms with Crippen LogP contribution in [0.15, 0.2) is 5.16 Å². The number of oxime groups is 1. The molecule has 12 heavy (non-hydrogen) atoms. The van der Waals surface area contributed by atoms with Gasteiger partial charge in [-0.25, -0.2) is 0 Å². The Labute approximate surface area is 74.1 Å². The summed E-state index contributed by atoms with van der Waals surface area (Å²) in [4.78, 5) is 2.44. The molecule has 0 saturated carbocycles. The SMILES string of the molecule is CCCCN1CCC(=NO)CC1. The molecule has 1 rings (SSSR count). The molecule has 1 aliphatic rings. The number of unbranched alkanes of at least 4 members (excludes halogenated alkanes) is 1. The van der Waals surface area contributed by atoms with Crippen LogP contribution in [0.2, 0.25) is 0 Å². The third-order valence-electron chi connectivity index (χ3n) is 2.40. The van der Waals surface area contributed by atoms with Crippen LogP contribution in [-0.4, -0.2) is 35.5 Å². The van der Waals surface area contributed by atoms with Crippen molar-refractivity contribution in [1.29, 1.82) is 0 Å². The van der Waals surface area contributed by atoms with Gasteiger partial charge in [0.1, 0.15) is 0 Å². The Hall–Kier alpha value is -0.570. The summed E-state index contributed by atoms with van der Waals surface area (Å²) >= 11 is 0. The van der Waals surface area contributed by atoms with E-state index in [1.54, 1.807) is 0 Å². The summed E-state index contributed by atoms with van der Waals surface area (Å²) in [6.45, 7) is 5.55. The fourth-order valence-electron chi connectivity index (χ4n) is 1.52. The zero-order chi connectivity index (χ0) is 8.81. The van der Waals surface area contributed by atoms with Crippen LogP contribution in [0.25, 0.3) is 0 Å². The molecule has 0 bridgehead atoms. The maximum Gasteiger partial charge on any atom is 0.0596 e. The zero-order valence-electron chi connectivity index (χ0n) is 7.79. The van der Waals surface area contributed by atoms with E-state index in [1.807, 2.05) is 0 Å². The fraction of sp³-hybridized carbons (Fsp3) is 0.889. The van der Waals surface area contributed by atoms with Gasteiger partial charge in [0.15, 0.2) is 0 Å². The molecule has 0 amide bonds. The van der Waals surface area contributed by atoms with Crippen LogP contribution in [-0.2, 0) is 0 Å². The first-order valence-electron chi connectivity index (χ1n) is 4.79. The smallest absolute Gasteiger partial charge is 0.0596 e. The van der Waals surface area contributed by atoms with Gasteiger partial charge in [-0.3, -0.25) is 0 Å². The Morgan fingerprint density at radius 2 is 2.08 bits per heavy atom. The maximum absolute atomic E-state index is 8.52. The minimum atomic E-state index is 0.945. The van der Waals surface area contributed by atoms with Crippen LogP contribution < -0.4 is 0 Å². The van der Waals surface area contributed by atoms with Crippen molar-refractivity contribution in [1.82, 2.24) is 4.90 Å². The molecule has 1 N–H and O–H groups in total. The molecule has 0 aliphatic carbocycles. The van der Waals surface area contributed by atoms with E-state index < -0.39 is 0 Å². The Balaban J connectivity index is 2.17. The lowest BCUT2D eigenvalue weighted by atomic mass is 10.1. The topological polar surface area (TPSA) is 35.8 Å². The zero-order valence-corrected chi connectivity index (χ0v) is 7.79. The molecule has 3 nitrogen and oxygen atoms in total. The average Bonchev–Trinajstić information content (AvgIpc) is 2.15. The van der Waals surface area contributed by atoms with Crippen molar-refractivity contribution in [2.24, 2.45) is 5.16 Å². The molecule has 0 spiro atoms. The first-order valence-corrected chi connectivity index (χ1v) is 4.79. The van der Waals surface area contributed by atoms with Crippen LogP contribution in [0.1, 0.15) is 32.6 Å². The Bertz CT molecular complexity index is 147. The highest BCUT2D eigenvalue weighted by atomic mass is 16.4. The van der Waals surface area contributed by atoms with Gasteiger partial charge in [0.05, 0.1) is 5.71 Å². The molecule has 0 atom stereocenters. The van der Waals surface area contributed by atoms with Crippen LogP contribution >= 0.6 is 0 Å². The van der Waals surface area contributed by atoms with Crippen molar-refractivity contribution >= 4 is 5.71 Å². The van der Waals surface area contributed by atoms with Gasteiger partial charge in [-0.2, -0.15) is 0 Å². The van der Waals surface area contributed by atoms with Crippen molar-refractivity contribution in [3.63, 3.8) is 0 Å². The third-order valence-corrected chi connectivity index (χ3v) is 2.40. The lowest BCUT2D eigenvalue weighted by Crippen LogP contribution is -2.34. The fourth-order valence-corrected chi connectivity index (χ4v) is 1.52. The monoisotopic (exact) mass is 170 g/mol. The van der Waals surface area contributed by atoms with Crippen molar-refractivity contribution in [2.75, 3.05) is 19.6 Å². The molecule has 1 heterocycles. The van der Waals surface area contributed by atoms with E-state index in [-0.39, 0.29) is 0 Å². The molecule has 0 aromatic carbocycles. The van der Waals surface area contributed by atoms with E-state index in [1.165, 1.54) is 19.4 Å². The van der Waals surface area contributed by atoms with Crippen LogP contribution in [0, 0.1) is 0 Å². The number of hydrogen-bond acceptors (Lipinski definition) is 3. The van der Waals surface area contributed by atoms with E-state index in [0.29, 0.717) is 0 Å². The first kappa shape index (κ1) is 9.52. The summed E-state index contributed by atoms with van der Waals surface area (Å²) in [6, 6.07) is 0. The van der Waals surface area contributed by atoms with E-state index in [0.717, 1.165) is 31.6 Å². The summed E-state index contributed by atoms with van der Waals surface area (Å²) in [7, 11) is 0. The molecule has 3 heteroatoms. The van der Waals surface area contributed by atoms with Gasteiger partial charge in [0, 0.05) is 25.9 Å². The van der Waals surface area contributed by atoms with Gasteiger partial charge in [-0.1, -0.05) is 18.5 Å². The molecule has 1 saturated heterocycles. The van der Waals surface area contributed by atoms with Gasteiger partial charge in [-0.05, 0) is 13.0 Å². The molecule has 70 valence electrons. The number of hydrogen-bond donors (Lipinski definition) is 1. The van der Waals surface area contributed by atoms with Gasteiger partial charge in [0.25, 0.3) is 0 Å². The maximum atomic E-state index is 8.52. The first-order chi connectivity index (χ1) is 5.86. The van der Waals surface area contributed by atoms with Gasteiger partial charge < -0.3 is 10.1 Å². The van der Waals surface area contributed by atoms with E-state index in [4.69, 9.17) is 5.21 Å². The van der Waals surface area contributed by atoms with Crippen LogP contribution in [0.3, 0.4) is 0 Å². The number of rotatable bonds is 3. The van der Waals surface area contributed by atoms with Gasteiger partial charge >= 0.3 is 0 Å². The largest absolute Gasteiger partial charge is 0.411 e. The second-order valence-electron chi connectivity index (χ2n) is 3.36. The number of piperidine rings is 1. The van der Waals surface area contributed by atoms with Crippen molar-refractivity contribution in [2.45, 2.75) is 32.6 Å². The van der Waals surface area contributed by atoms with Crippen LogP contribution in [0.4, 0.5) is 0 Å². The number of likely N-dealkylation sites (tertiary alicyclic amines) is 1. The molecule has 1 fully saturated rings. The summed E-state index contributed by atoms with van der Waals surface area (Å²) in [6.07, 6.45) is 4.43. The molecule has 1 aliphatic heterocycles. The third kappa shape index (κ3) is 2.81. The standard InChI is InChI=1S/C9H18N2O/c1-2-3-6-11-7-4-9(10-12)5-8-11/h12H,2-8H2,1H3. The second-order valence-corrected chi connectivity index (χ2v) is 3.36. The normalized spacial score (nSPS) is 19.6. The van der Waals surface area contributed by atoms with Gasteiger partial charge in [-0.15, -0.1) is 0 Å². The summed E-state index contributed by atoms with van der Waals surface area (Å²) in [5.41, 5.74) is 0.961. The summed E-state index contributed by atoms with van der Waals surface area (Å²) in [5.74, 6) is 0. The lowest BCUT2D eigenvalue weighted by molar-refractivity contribution is 0.260. The molecular formula is C9H18N2O. The molecule has 0 aromatic heterocycles. The van der Waals surface area contributed by atoms with E-state index in [9.17, 15) is 0 Å². The van der Waals surface area contributed by atoms with Crippen molar-refractivity contribution < 1.29 is 5.21 Å². The lowest BCUT2D eigenvalue weighted by Gasteiger charge is -2.26. The second kappa shape index (κ2) is 5.14. The van der Waals surface area contributed by atoms with Crippen molar-refractivity contribution in [3.8, 4) is 0 Å². The van der Waals surface area contributed by atoms with E-state index in [2.05, 4.69) is 17.0 Å². The van der Waals surface area contributed by atoms with Crippen LogP contribution in [0.5, 0.6) is 0 Å². The predicted octanol–water partition coefficient (Wildman–Crippen LogP) is 1.71. The molecule has 0 aromatic rings. The highest BCUT2D eigenvalue weighted by molar-refractivity contribution is 5.84. The highest BCUT2D eigenvalue weighted by Crippen LogP contribution is 2.07.